The van der Waals surface area contributed by atoms with E-state index in [0.29, 0.717) is 18.1 Å². The molecule has 0 radical (unpaired) electrons. The lowest BCUT2D eigenvalue weighted by Gasteiger charge is -2.19. The fourth-order valence-electron chi connectivity index (χ4n) is 3.33. The summed E-state index contributed by atoms with van der Waals surface area (Å²) in [5.74, 6) is -0.352. The van der Waals surface area contributed by atoms with Crippen molar-refractivity contribution in [1.29, 1.82) is 0 Å². The van der Waals surface area contributed by atoms with Gasteiger partial charge in [-0.15, -0.1) is 0 Å². The Bertz CT molecular complexity index is 792. The number of nitrogens with one attached hydrogen (secondary N) is 1. The maximum atomic E-state index is 12.4. The van der Waals surface area contributed by atoms with Crippen LogP contribution in [0.25, 0.3) is 0 Å². The van der Waals surface area contributed by atoms with E-state index in [9.17, 15) is 9.59 Å². The van der Waals surface area contributed by atoms with Crippen LogP contribution in [0.4, 0.5) is 5.69 Å². The fourth-order valence-corrected chi connectivity index (χ4v) is 3.56. The van der Waals surface area contributed by atoms with Crippen LogP contribution < -0.4 is 10.2 Å². The van der Waals surface area contributed by atoms with Gasteiger partial charge in [-0.25, -0.2) is 0 Å². The van der Waals surface area contributed by atoms with Crippen LogP contribution in [0.5, 0.6) is 0 Å². The van der Waals surface area contributed by atoms with Crippen LogP contribution >= 0.6 is 11.6 Å². The SMILES string of the molecule is Cc1cc(Cl)ccc1N1CC(C(=O)NCCCc2ccccc2)CC1=O. The van der Waals surface area contributed by atoms with Gasteiger partial charge >= 0.3 is 0 Å². The summed E-state index contributed by atoms with van der Waals surface area (Å²) in [7, 11) is 0. The zero-order valence-electron chi connectivity index (χ0n) is 14.9. The lowest BCUT2D eigenvalue weighted by molar-refractivity contribution is -0.126. The van der Waals surface area contributed by atoms with Gasteiger partial charge in [-0.3, -0.25) is 9.59 Å². The molecule has 1 atom stereocenters. The van der Waals surface area contributed by atoms with Gasteiger partial charge in [0.05, 0.1) is 5.92 Å². The second-order valence-electron chi connectivity index (χ2n) is 6.72. The largest absolute Gasteiger partial charge is 0.356 e. The molecule has 1 aliphatic rings. The van der Waals surface area contributed by atoms with Crippen molar-refractivity contribution in [3.05, 3.63) is 64.7 Å². The number of rotatable bonds is 6. The Balaban J connectivity index is 1.50. The number of carbonyl (C=O) groups is 2. The van der Waals surface area contributed by atoms with E-state index in [1.54, 1.807) is 11.0 Å². The van der Waals surface area contributed by atoms with Crippen molar-refractivity contribution < 1.29 is 9.59 Å². The van der Waals surface area contributed by atoms with E-state index in [0.717, 1.165) is 24.1 Å². The summed E-state index contributed by atoms with van der Waals surface area (Å²) in [5.41, 5.74) is 3.04. The second kappa shape index (κ2) is 8.37. The third-order valence-electron chi connectivity index (χ3n) is 4.73. The van der Waals surface area contributed by atoms with Crippen molar-refractivity contribution >= 4 is 29.1 Å². The van der Waals surface area contributed by atoms with Gasteiger partial charge < -0.3 is 10.2 Å². The minimum atomic E-state index is -0.297. The van der Waals surface area contributed by atoms with Gasteiger partial charge in [-0.05, 0) is 49.1 Å². The van der Waals surface area contributed by atoms with Gasteiger partial charge in [-0.1, -0.05) is 41.9 Å². The molecule has 4 nitrogen and oxygen atoms in total. The lowest BCUT2D eigenvalue weighted by Crippen LogP contribution is -2.33. The number of aryl methyl sites for hydroxylation is 2. The van der Waals surface area contributed by atoms with Crippen LogP contribution in [0.3, 0.4) is 0 Å². The Morgan fingerprint density at radius 1 is 1.23 bits per heavy atom. The molecule has 1 heterocycles. The van der Waals surface area contributed by atoms with Crippen molar-refractivity contribution in [2.75, 3.05) is 18.0 Å². The maximum Gasteiger partial charge on any atom is 0.227 e. The smallest absolute Gasteiger partial charge is 0.227 e. The first-order chi connectivity index (χ1) is 12.5. The summed E-state index contributed by atoms with van der Waals surface area (Å²) in [6, 6.07) is 15.7. The molecule has 0 spiro atoms. The molecular formula is C21H23ClN2O2. The molecule has 136 valence electrons. The fraction of sp³-hybridized carbons (Fsp3) is 0.333. The molecule has 1 aliphatic heterocycles. The topological polar surface area (TPSA) is 49.4 Å². The highest BCUT2D eigenvalue weighted by molar-refractivity contribution is 6.30. The molecule has 1 unspecified atom stereocenters. The van der Waals surface area contributed by atoms with Gasteiger partial charge in [0.1, 0.15) is 0 Å². The number of benzene rings is 2. The first kappa shape index (κ1) is 18.5. The summed E-state index contributed by atoms with van der Waals surface area (Å²) < 4.78 is 0. The number of amides is 2. The minimum absolute atomic E-state index is 0.0140. The highest BCUT2D eigenvalue weighted by Crippen LogP contribution is 2.29. The Kier molecular flexibility index (Phi) is 5.94. The van der Waals surface area contributed by atoms with E-state index in [1.165, 1.54) is 5.56 Å². The standard InChI is InChI=1S/C21H23ClN2O2/c1-15-12-18(22)9-10-19(15)24-14-17(13-20(24)25)21(26)23-11-5-8-16-6-3-2-4-7-16/h2-4,6-7,9-10,12,17H,5,8,11,13-14H2,1H3,(H,23,26). The zero-order chi connectivity index (χ0) is 18.5. The lowest BCUT2D eigenvalue weighted by atomic mass is 10.1. The van der Waals surface area contributed by atoms with Crippen molar-refractivity contribution in [1.82, 2.24) is 5.32 Å². The van der Waals surface area contributed by atoms with E-state index in [1.807, 2.05) is 37.3 Å². The van der Waals surface area contributed by atoms with Crippen LogP contribution in [0, 0.1) is 12.8 Å². The first-order valence-corrected chi connectivity index (χ1v) is 9.30. The molecule has 0 bridgehead atoms. The number of carbonyl (C=O) groups excluding carboxylic acids is 2. The third kappa shape index (κ3) is 4.44. The van der Waals surface area contributed by atoms with E-state index in [2.05, 4.69) is 17.4 Å². The van der Waals surface area contributed by atoms with Gasteiger partial charge in [0.2, 0.25) is 11.8 Å². The number of hydrogen-bond acceptors (Lipinski definition) is 2. The molecule has 0 aromatic heterocycles. The summed E-state index contributed by atoms with van der Waals surface area (Å²) in [6.45, 7) is 2.97. The van der Waals surface area contributed by atoms with Crippen LogP contribution in [-0.2, 0) is 16.0 Å². The van der Waals surface area contributed by atoms with Crippen LogP contribution in [0.2, 0.25) is 5.02 Å². The number of anilines is 1. The summed E-state index contributed by atoms with van der Waals surface area (Å²) >= 11 is 5.99. The van der Waals surface area contributed by atoms with E-state index in [4.69, 9.17) is 11.6 Å². The molecule has 0 saturated carbocycles. The molecule has 2 amide bonds. The Morgan fingerprint density at radius 2 is 2.00 bits per heavy atom. The Morgan fingerprint density at radius 3 is 2.73 bits per heavy atom. The quantitative estimate of drug-likeness (QED) is 0.787. The molecule has 3 rings (SSSR count). The molecule has 1 fully saturated rings. The average molecular weight is 371 g/mol. The van der Waals surface area contributed by atoms with Gasteiger partial charge in [0.15, 0.2) is 0 Å². The normalized spacial score (nSPS) is 16.8. The highest BCUT2D eigenvalue weighted by atomic mass is 35.5. The molecular weight excluding hydrogens is 348 g/mol. The second-order valence-corrected chi connectivity index (χ2v) is 7.15. The van der Waals surface area contributed by atoms with Crippen molar-refractivity contribution in [2.45, 2.75) is 26.2 Å². The summed E-state index contributed by atoms with van der Waals surface area (Å²) in [6.07, 6.45) is 2.07. The summed E-state index contributed by atoms with van der Waals surface area (Å²) in [5, 5.41) is 3.62. The third-order valence-corrected chi connectivity index (χ3v) is 4.96. The van der Waals surface area contributed by atoms with Crippen molar-refractivity contribution in [3.8, 4) is 0 Å². The predicted octanol–water partition coefficient (Wildman–Crippen LogP) is 3.75. The predicted molar refractivity (Wildman–Crippen MR) is 104 cm³/mol. The number of halogens is 1. The van der Waals surface area contributed by atoms with E-state index in [-0.39, 0.29) is 24.2 Å². The number of hydrogen-bond donors (Lipinski definition) is 1. The van der Waals surface area contributed by atoms with Gasteiger partial charge in [0.25, 0.3) is 0 Å². The van der Waals surface area contributed by atoms with Crippen LogP contribution in [0.1, 0.15) is 24.0 Å². The van der Waals surface area contributed by atoms with Crippen molar-refractivity contribution in [3.63, 3.8) is 0 Å². The minimum Gasteiger partial charge on any atom is -0.356 e. The first-order valence-electron chi connectivity index (χ1n) is 8.93. The Labute approximate surface area is 159 Å². The zero-order valence-corrected chi connectivity index (χ0v) is 15.6. The van der Waals surface area contributed by atoms with E-state index >= 15 is 0 Å². The van der Waals surface area contributed by atoms with E-state index < -0.39 is 0 Å². The molecule has 1 saturated heterocycles. The Hall–Kier alpha value is -2.33. The van der Waals surface area contributed by atoms with Gasteiger partial charge in [-0.2, -0.15) is 0 Å². The molecule has 1 N–H and O–H groups in total. The number of nitrogens with zero attached hydrogens (tertiary/aromatic N) is 1. The molecule has 0 aliphatic carbocycles. The molecule has 5 heteroatoms. The summed E-state index contributed by atoms with van der Waals surface area (Å²) in [4.78, 5) is 26.5. The average Bonchev–Trinajstić information content (AvgIpc) is 3.01. The molecule has 2 aromatic rings. The molecule has 26 heavy (non-hydrogen) atoms. The van der Waals surface area contributed by atoms with Crippen LogP contribution in [-0.4, -0.2) is 24.9 Å². The van der Waals surface area contributed by atoms with Crippen LogP contribution in [0.15, 0.2) is 48.5 Å². The monoisotopic (exact) mass is 370 g/mol. The van der Waals surface area contributed by atoms with Crippen molar-refractivity contribution in [2.24, 2.45) is 5.92 Å². The molecule has 2 aromatic carbocycles. The highest BCUT2D eigenvalue weighted by Gasteiger charge is 2.35. The van der Waals surface area contributed by atoms with Gasteiger partial charge in [0, 0.05) is 30.2 Å². The maximum absolute atomic E-state index is 12.4.